The molecule has 3 N–H and O–H groups in total. The first-order chi connectivity index (χ1) is 10.9. The molecule has 1 aliphatic heterocycles. The quantitative estimate of drug-likeness (QED) is 0.702. The number of hydrogen-bond acceptors (Lipinski definition) is 5. The number of carbonyl (C=O) groups excluding carboxylic acids is 1. The van der Waals surface area contributed by atoms with E-state index in [2.05, 4.69) is 16.0 Å². The van der Waals surface area contributed by atoms with Gasteiger partial charge in [0.2, 0.25) is 0 Å². The lowest BCUT2D eigenvalue weighted by Crippen LogP contribution is -2.34. The molecule has 128 valence electrons. The second-order valence-electron chi connectivity index (χ2n) is 6.64. The monoisotopic (exact) mass is 321 g/mol. The summed E-state index contributed by atoms with van der Waals surface area (Å²) in [5.74, 6) is 0.783. The Balaban J connectivity index is 1.68. The van der Waals surface area contributed by atoms with Gasteiger partial charge in [-0.2, -0.15) is 0 Å². The Morgan fingerprint density at radius 3 is 2.65 bits per heavy atom. The highest BCUT2D eigenvalue weighted by Gasteiger charge is 2.16. The van der Waals surface area contributed by atoms with Crippen LogP contribution >= 0.6 is 0 Å². The van der Waals surface area contributed by atoms with Gasteiger partial charge in [0.1, 0.15) is 18.0 Å². The van der Waals surface area contributed by atoms with Crippen LogP contribution < -0.4 is 20.7 Å². The normalized spacial score (nSPS) is 17.8. The third-order valence-electron chi connectivity index (χ3n) is 3.36. The maximum absolute atomic E-state index is 11.7. The molecule has 1 saturated heterocycles. The van der Waals surface area contributed by atoms with Crippen molar-refractivity contribution in [3.63, 3.8) is 0 Å². The molecule has 0 saturated carbocycles. The number of nitrogens with one attached hydrogen (secondary N) is 3. The predicted molar refractivity (Wildman–Crippen MR) is 91.1 cm³/mol. The van der Waals surface area contributed by atoms with E-state index in [1.165, 1.54) is 6.42 Å². The maximum atomic E-state index is 11.7. The lowest BCUT2D eigenvalue weighted by Gasteiger charge is -2.19. The molecule has 6 heteroatoms. The molecule has 1 heterocycles. The molecule has 1 unspecified atom stereocenters. The van der Waals surface area contributed by atoms with Gasteiger partial charge in [0.05, 0.1) is 0 Å². The minimum Gasteiger partial charge on any atom is -0.492 e. The van der Waals surface area contributed by atoms with Crippen LogP contribution in [0.15, 0.2) is 24.3 Å². The molecular formula is C17H27N3O3. The van der Waals surface area contributed by atoms with Crippen LogP contribution in [0.5, 0.6) is 5.75 Å². The van der Waals surface area contributed by atoms with Crippen LogP contribution in [0.1, 0.15) is 27.2 Å². The van der Waals surface area contributed by atoms with Crippen molar-refractivity contribution in [2.45, 2.75) is 38.8 Å². The van der Waals surface area contributed by atoms with E-state index >= 15 is 0 Å². The van der Waals surface area contributed by atoms with Crippen LogP contribution in [-0.4, -0.2) is 44.0 Å². The molecule has 0 spiro atoms. The summed E-state index contributed by atoms with van der Waals surface area (Å²) in [5.41, 5.74) is 0.177. The van der Waals surface area contributed by atoms with Crippen LogP contribution in [0.4, 0.5) is 10.5 Å². The standard InChI is InChI=1S/C17H27N3O3/c1-17(2,3)23-16(21)20-13-4-6-15(7-5-13)22-11-10-19-14-8-9-18-12-14/h4-7,14,18-19H,8-12H2,1-3H3,(H,20,21). The molecule has 1 aromatic rings. The van der Waals surface area contributed by atoms with E-state index in [-0.39, 0.29) is 0 Å². The largest absolute Gasteiger partial charge is 0.492 e. The number of amides is 1. The predicted octanol–water partition coefficient (Wildman–Crippen LogP) is 2.36. The van der Waals surface area contributed by atoms with Crippen molar-refractivity contribution < 1.29 is 14.3 Å². The molecule has 2 rings (SSSR count). The van der Waals surface area contributed by atoms with Gasteiger partial charge in [0.25, 0.3) is 0 Å². The second kappa shape index (κ2) is 8.17. The van der Waals surface area contributed by atoms with Gasteiger partial charge in [-0.05, 0) is 58.0 Å². The fraction of sp³-hybridized carbons (Fsp3) is 0.588. The number of rotatable bonds is 6. The zero-order valence-electron chi connectivity index (χ0n) is 14.1. The molecule has 1 aliphatic rings. The first-order valence-corrected chi connectivity index (χ1v) is 8.09. The summed E-state index contributed by atoms with van der Waals surface area (Å²) in [6.07, 6.45) is 0.714. The Morgan fingerprint density at radius 2 is 2.04 bits per heavy atom. The van der Waals surface area contributed by atoms with Gasteiger partial charge in [-0.3, -0.25) is 5.32 Å². The van der Waals surface area contributed by atoms with Crippen molar-refractivity contribution in [1.29, 1.82) is 0 Å². The molecule has 1 aromatic carbocycles. The average molecular weight is 321 g/mol. The molecule has 23 heavy (non-hydrogen) atoms. The van der Waals surface area contributed by atoms with E-state index in [0.717, 1.165) is 25.4 Å². The second-order valence-corrected chi connectivity index (χ2v) is 6.64. The number of ether oxygens (including phenoxy) is 2. The van der Waals surface area contributed by atoms with E-state index in [4.69, 9.17) is 9.47 Å². The number of benzene rings is 1. The summed E-state index contributed by atoms with van der Waals surface area (Å²) >= 11 is 0. The highest BCUT2D eigenvalue weighted by Crippen LogP contribution is 2.17. The van der Waals surface area contributed by atoms with Crippen LogP contribution in [0, 0.1) is 0 Å². The smallest absolute Gasteiger partial charge is 0.412 e. The summed E-state index contributed by atoms with van der Waals surface area (Å²) < 4.78 is 10.9. The molecule has 6 nitrogen and oxygen atoms in total. The maximum Gasteiger partial charge on any atom is 0.412 e. The summed E-state index contributed by atoms with van der Waals surface area (Å²) in [5, 5.41) is 9.46. The van der Waals surface area contributed by atoms with Gasteiger partial charge in [0, 0.05) is 24.8 Å². The van der Waals surface area contributed by atoms with E-state index in [1.54, 1.807) is 12.1 Å². The van der Waals surface area contributed by atoms with Crippen molar-refractivity contribution in [1.82, 2.24) is 10.6 Å². The first kappa shape index (κ1) is 17.6. The fourth-order valence-corrected chi connectivity index (χ4v) is 2.32. The Labute approximate surface area is 137 Å². The lowest BCUT2D eigenvalue weighted by atomic mass is 10.2. The summed E-state index contributed by atoms with van der Waals surface area (Å²) in [6.45, 7) is 9.06. The van der Waals surface area contributed by atoms with Crippen molar-refractivity contribution in [3.8, 4) is 5.75 Å². The first-order valence-electron chi connectivity index (χ1n) is 8.09. The fourth-order valence-electron chi connectivity index (χ4n) is 2.32. The van der Waals surface area contributed by atoms with Gasteiger partial charge >= 0.3 is 6.09 Å². The lowest BCUT2D eigenvalue weighted by molar-refractivity contribution is 0.0636. The van der Waals surface area contributed by atoms with Crippen LogP contribution in [0.2, 0.25) is 0 Å². The minimum atomic E-state index is -0.505. The molecule has 1 atom stereocenters. The van der Waals surface area contributed by atoms with Gasteiger partial charge in [0.15, 0.2) is 0 Å². The number of carbonyl (C=O) groups is 1. The Kier molecular flexibility index (Phi) is 6.24. The van der Waals surface area contributed by atoms with Crippen molar-refractivity contribution in [3.05, 3.63) is 24.3 Å². The van der Waals surface area contributed by atoms with Crippen LogP contribution in [0.3, 0.4) is 0 Å². The van der Waals surface area contributed by atoms with Crippen molar-refractivity contribution >= 4 is 11.8 Å². The molecule has 0 aromatic heterocycles. The van der Waals surface area contributed by atoms with Gasteiger partial charge in [-0.15, -0.1) is 0 Å². The molecule has 0 radical (unpaired) electrons. The molecule has 1 amide bonds. The van der Waals surface area contributed by atoms with E-state index in [0.29, 0.717) is 18.3 Å². The van der Waals surface area contributed by atoms with Crippen molar-refractivity contribution in [2.24, 2.45) is 0 Å². The molecule has 0 aliphatic carbocycles. The third-order valence-corrected chi connectivity index (χ3v) is 3.36. The zero-order chi connectivity index (χ0) is 16.7. The van der Waals surface area contributed by atoms with E-state index in [9.17, 15) is 4.79 Å². The SMILES string of the molecule is CC(C)(C)OC(=O)Nc1ccc(OCCNC2CCNC2)cc1. The van der Waals surface area contributed by atoms with E-state index in [1.807, 2.05) is 32.9 Å². The highest BCUT2D eigenvalue weighted by atomic mass is 16.6. The molecular weight excluding hydrogens is 294 g/mol. The Hall–Kier alpha value is -1.79. The molecule has 1 fully saturated rings. The molecule has 0 bridgehead atoms. The van der Waals surface area contributed by atoms with Crippen LogP contribution in [0.25, 0.3) is 0 Å². The summed E-state index contributed by atoms with van der Waals surface area (Å²) in [6, 6.07) is 7.83. The average Bonchev–Trinajstić information content (AvgIpc) is 2.96. The van der Waals surface area contributed by atoms with Gasteiger partial charge < -0.3 is 20.1 Å². The highest BCUT2D eigenvalue weighted by molar-refractivity contribution is 5.84. The van der Waals surface area contributed by atoms with Gasteiger partial charge in [-0.25, -0.2) is 4.79 Å². The van der Waals surface area contributed by atoms with Gasteiger partial charge in [-0.1, -0.05) is 0 Å². The minimum absolute atomic E-state index is 0.458. The third kappa shape index (κ3) is 6.88. The number of anilines is 1. The summed E-state index contributed by atoms with van der Waals surface area (Å²) in [4.78, 5) is 11.7. The topological polar surface area (TPSA) is 71.6 Å². The Bertz CT molecular complexity index is 491. The Morgan fingerprint density at radius 1 is 1.30 bits per heavy atom. The zero-order valence-corrected chi connectivity index (χ0v) is 14.1. The van der Waals surface area contributed by atoms with E-state index < -0.39 is 11.7 Å². The van der Waals surface area contributed by atoms with Crippen molar-refractivity contribution in [2.75, 3.05) is 31.6 Å². The van der Waals surface area contributed by atoms with Crippen LogP contribution in [-0.2, 0) is 4.74 Å². The summed E-state index contributed by atoms with van der Waals surface area (Å²) in [7, 11) is 0. The number of hydrogen-bond donors (Lipinski definition) is 3.